The van der Waals surface area contributed by atoms with Crippen LogP contribution < -0.4 is 24.2 Å². The van der Waals surface area contributed by atoms with Crippen LogP contribution in [0.15, 0.2) is 39.9 Å². The zero-order valence-corrected chi connectivity index (χ0v) is 23.6. The Morgan fingerprint density at radius 2 is 2.10 bits per heavy atom. The number of ether oxygens (including phenoxy) is 3. The van der Waals surface area contributed by atoms with Gasteiger partial charge >= 0.3 is 0 Å². The van der Waals surface area contributed by atoms with E-state index in [4.69, 9.17) is 18.7 Å². The van der Waals surface area contributed by atoms with Crippen molar-refractivity contribution in [3.05, 3.63) is 46.5 Å². The van der Waals surface area contributed by atoms with Crippen LogP contribution in [0.2, 0.25) is 0 Å². The van der Waals surface area contributed by atoms with Crippen molar-refractivity contribution in [1.82, 2.24) is 15.5 Å². The molecule has 0 bridgehead atoms. The number of rotatable bonds is 9. The van der Waals surface area contributed by atoms with Gasteiger partial charge in [-0.15, -0.1) is 0 Å². The van der Waals surface area contributed by atoms with Crippen molar-refractivity contribution in [2.24, 2.45) is 0 Å². The SMILES string of the molecule is CC#CC(=O)NCc1cnc(Oc2cc3onc(NS(=O)(=O)c4cc(CC)ccc4OC)c3c3c2CCCO3)s1. The first-order valence-corrected chi connectivity index (χ1v) is 14.7. The number of hydrogen-bond acceptors (Lipinski definition) is 10. The number of nitrogens with zero attached hydrogens (tertiary/aromatic N) is 2. The molecule has 0 aliphatic carbocycles. The third kappa shape index (κ3) is 5.54. The summed E-state index contributed by atoms with van der Waals surface area (Å²) in [6, 6.07) is 6.66. The highest BCUT2D eigenvalue weighted by atomic mass is 32.2. The number of anilines is 1. The van der Waals surface area contributed by atoms with Gasteiger partial charge in [0.2, 0.25) is 0 Å². The second-order valence-electron chi connectivity index (χ2n) is 8.74. The van der Waals surface area contributed by atoms with Crippen LogP contribution in [0.3, 0.4) is 0 Å². The molecule has 0 saturated heterocycles. The van der Waals surface area contributed by atoms with Gasteiger partial charge in [-0.05, 0) is 49.8 Å². The number of aryl methyl sites for hydroxylation is 1. The quantitative estimate of drug-likeness (QED) is 0.274. The van der Waals surface area contributed by atoms with E-state index in [1.807, 2.05) is 13.0 Å². The van der Waals surface area contributed by atoms with Gasteiger partial charge in [-0.1, -0.05) is 35.4 Å². The molecule has 4 aromatic rings. The molecular formula is C27H26N4O7S2. The number of nitrogens with one attached hydrogen (secondary N) is 2. The molecule has 0 radical (unpaired) electrons. The molecular weight excluding hydrogens is 556 g/mol. The van der Waals surface area contributed by atoms with Crippen LogP contribution in [0, 0.1) is 11.8 Å². The van der Waals surface area contributed by atoms with E-state index in [1.54, 1.807) is 31.3 Å². The summed E-state index contributed by atoms with van der Waals surface area (Å²) in [6.45, 7) is 4.24. The Bertz CT molecular complexity index is 1750. The van der Waals surface area contributed by atoms with Crippen molar-refractivity contribution in [2.75, 3.05) is 18.4 Å². The summed E-state index contributed by atoms with van der Waals surface area (Å²) >= 11 is 1.27. The van der Waals surface area contributed by atoms with Crippen LogP contribution in [-0.4, -0.2) is 38.2 Å². The molecule has 0 fully saturated rings. The average molecular weight is 583 g/mol. The maximum absolute atomic E-state index is 13.4. The van der Waals surface area contributed by atoms with Gasteiger partial charge in [0.1, 0.15) is 27.5 Å². The van der Waals surface area contributed by atoms with Gasteiger partial charge in [0, 0.05) is 22.7 Å². The molecule has 1 aliphatic rings. The molecule has 3 heterocycles. The van der Waals surface area contributed by atoms with Crippen LogP contribution in [0.4, 0.5) is 5.82 Å². The van der Waals surface area contributed by atoms with Crippen LogP contribution in [0.1, 0.15) is 36.3 Å². The lowest BCUT2D eigenvalue weighted by Crippen LogP contribution is -2.19. The first-order chi connectivity index (χ1) is 19.3. The highest BCUT2D eigenvalue weighted by Crippen LogP contribution is 2.45. The van der Waals surface area contributed by atoms with E-state index in [0.717, 1.165) is 22.4 Å². The average Bonchev–Trinajstić information content (AvgIpc) is 3.58. The number of methoxy groups -OCH3 is 1. The summed E-state index contributed by atoms with van der Waals surface area (Å²) in [5, 5.41) is 7.47. The smallest absolute Gasteiger partial charge is 0.296 e. The molecule has 0 unspecified atom stereocenters. The minimum absolute atomic E-state index is 0.00209. The van der Waals surface area contributed by atoms with Crippen molar-refractivity contribution >= 4 is 44.1 Å². The highest BCUT2D eigenvalue weighted by molar-refractivity contribution is 7.92. The van der Waals surface area contributed by atoms with Crippen molar-refractivity contribution in [2.45, 2.75) is 44.6 Å². The predicted molar refractivity (Wildman–Crippen MR) is 148 cm³/mol. The Labute approximate surface area is 234 Å². The van der Waals surface area contributed by atoms with Crippen molar-refractivity contribution in [3.63, 3.8) is 0 Å². The van der Waals surface area contributed by atoms with Gasteiger partial charge < -0.3 is 24.1 Å². The second kappa shape index (κ2) is 11.4. The fourth-order valence-electron chi connectivity index (χ4n) is 4.24. The summed E-state index contributed by atoms with van der Waals surface area (Å²) in [5.41, 5.74) is 1.87. The topological polar surface area (TPSA) is 142 Å². The van der Waals surface area contributed by atoms with E-state index in [2.05, 4.69) is 32.0 Å². The first-order valence-electron chi connectivity index (χ1n) is 12.4. The lowest BCUT2D eigenvalue weighted by Gasteiger charge is -2.20. The van der Waals surface area contributed by atoms with E-state index in [0.29, 0.717) is 41.5 Å². The monoisotopic (exact) mass is 582 g/mol. The number of amides is 1. The van der Waals surface area contributed by atoms with Crippen molar-refractivity contribution < 1.29 is 31.9 Å². The number of carbonyl (C=O) groups excluding carboxylic acids is 1. The third-order valence-electron chi connectivity index (χ3n) is 6.14. The third-order valence-corrected chi connectivity index (χ3v) is 8.38. The number of carbonyl (C=O) groups is 1. The number of fused-ring (bicyclic) bond motifs is 3. The molecule has 0 atom stereocenters. The van der Waals surface area contributed by atoms with Gasteiger partial charge in [-0.3, -0.25) is 9.52 Å². The number of hydrogen-bond donors (Lipinski definition) is 2. The Morgan fingerprint density at radius 1 is 1.25 bits per heavy atom. The predicted octanol–water partition coefficient (Wildman–Crippen LogP) is 4.41. The van der Waals surface area contributed by atoms with Gasteiger partial charge in [0.05, 0.1) is 20.3 Å². The Morgan fingerprint density at radius 3 is 2.88 bits per heavy atom. The molecule has 0 spiro atoms. The maximum atomic E-state index is 13.4. The van der Waals surface area contributed by atoms with E-state index in [-0.39, 0.29) is 34.5 Å². The molecule has 2 aromatic carbocycles. The Hall–Kier alpha value is -4.28. The first kappa shape index (κ1) is 27.3. The maximum Gasteiger partial charge on any atom is 0.296 e. The molecule has 0 saturated carbocycles. The molecule has 40 heavy (non-hydrogen) atoms. The number of aromatic nitrogens is 2. The molecule has 1 aliphatic heterocycles. The summed E-state index contributed by atoms with van der Waals surface area (Å²) in [7, 11) is -2.66. The number of sulfonamides is 1. The van der Waals surface area contributed by atoms with E-state index in [1.165, 1.54) is 18.4 Å². The van der Waals surface area contributed by atoms with Crippen LogP contribution >= 0.6 is 11.3 Å². The Balaban J connectivity index is 1.46. The normalized spacial score (nSPS) is 12.6. The van der Waals surface area contributed by atoms with Gasteiger partial charge in [0.25, 0.3) is 21.1 Å². The van der Waals surface area contributed by atoms with Crippen LogP contribution in [0.5, 0.6) is 22.4 Å². The number of benzene rings is 2. The Kier molecular flexibility index (Phi) is 7.81. The van der Waals surface area contributed by atoms with Gasteiger partial charge in [0.15, 0.2) is 11.4 Å². The number of thiazole rings is 1. The summed E-state index contributed by atoms with van der Waals surface area (Å²) in [4.78, 5) is 16.7. The molecule has 5 rings (SSSR count). The van der Waals surface area contributed by atoms with Crippen molar-refractivity contribution in [1.29, 1.82) is 0 Å². The van der Waals surface area contributed by atoms with E-state index >= 15 is 0 Å². The molecule has 208 valence electrons. The summed E-state index contributed by atoms with van der Waals surface area (Å²) in [6.07, 6.45) is 3.65. The second-order valence-corrected chi connectivity index (χ2v) is 11.5. The zero-order chi connectivity index (χ0) is 28.3. The highest BCUT2D eigenvalue weighted by Gasteiger charge is 2.29. The summed E-state index contributed by atoms with van der Waals surface area (Å²) in [5.74, 6) is 5.72. The van der Waals surface area contributed by atoms with E-state index < -0.39 is 10.0 Å². The van der Waals surface area contributed by atoms with Gasteiger partial charge in [-0.25, -0.2) is 13.4 Å². The van der Waals surface area contributed by atoms with Crippen LogP contribution in [-0.2, 0) is 34.2 Å². The van der Waals surface area contributed by atoms with Gasteiger partial charge in [-0.2, -0.15) is 0 Å². The standard InChI is InChI=1S/C27H26N4O7S2/c1-4-7-23(32)28-14-17-15-29-27(39-17)37-20-13-21-24(25-18(20)8-6-11-36-25)26(30-38-21)31-40(33,34)22-12-16(5-2)9-10-19(22)35-3/h9-10,12-13,15H,5-6,8,11,14H2,1-3H3,(H,28,32)(H,30,31). The van der Waals surface area contributed by atoms with E-state index in [9.17, 15) is 13.2 Å². The molecule has 2 aromatic heterocycles. The minimum Gasteiger partial charge on any atom is -0.495 e. The largest absolute Gasteiger partial charge is 0.495 e. The van der Waals surface area contributed by atoms with Crippen LogP contribution in [0.25, 0.3) is 11.0 Å². The van der Waals surface area contributed by atoms with Crippen molar-refractivity contribution in [3.8, 4) is 34.3 Å². The fourth-order valence-corrected chi connectivity index (χ4v) is 6.18. The summed E-state index contributed by atoms with van der Waals surface area (Å²) < 4.78 is 52.3. The lowest BCUT2D eigenvalue weighted by molar-refractivity contribution is -0.115. The molecule has 1 amide bonds. The lowest BCUT2D eigenvalue weighted by atomic mass is 10.0. The zero-order valence-electron chi connectivity index (χ0n) is 22.0. The molecule has 2 N–H and O–H groups in total. The minimum atomic E-state index is -4.08. The molecule has 13 heteroatoms. The molecule has 11 nitrogen and oxygen atoms in total. The fraction of sp³-hybridized carbons (Fsp3) is 0.296.